The molecule has 0 fully saturated rings. The number of rotatable bonds is 3. The van der Waals surface area contributed by atoms with Crippen molar-refractivity contribution >= 4 is 32.7 Å². The first-order valence-electron chi connectivity index (χ1n) is 6.24. The Bertz CT molecular complexity index is 861. The number of pyridine rings is 1. The Balaban J connectivity index is 2.11. The second-order valence-electron chi connectivity index (χ2n) is 4.51. The van der Waals surface area contributed by atoms with E-state index in [9.17, 15) is 4.79 Å². The highest BCUT2D eigenvalue weighted by atomic mass is 79.9. The minimum absolute atomic E-state index is 0.152. The monoisotopic (exact) mass is 345 g/mol. The molecule has 0 unspecified atom stereocenters. The standard InChI is InChI=1S/C14H12BrN5O/c15-11-6-17-8-20(14(11)21)7-10-5-9-3-1-2-4-12(9)18-13(10)19-16/h1-6,8H,7,16H2,(H,18,19). The molecule has 0 aliphatic carbocycles. The largest absolute Gasteiger partial charge is 0.308 e. The Morgan fingerprint density at radius 3 is 2.95 bits per heavy atom. The van der Waals surface area contributed by atoms with Gasteiger partial charge in [0.1, 0.15) is 10.3 Å². The molecule has 3 N–H and O–H groups in total. The van der Waals surface area contributed by atoms with Gasteiger partial charge in [0, 0.05) is 17.1 Å². The van der Waals surface area contributed by atoms with Crippen molar-refractivity contribution in [1.29, 1.82) is 0 Å². The molecule has 21 heavy (non-hydrogen) atoms. The smallest absolute Gasteiger partial charge is 0.267 e. The summed E-state index contributed by atoms with van der Waals surface area (Å²) in [7, 11) is 0. The molecule has 0 aliphatic rings. The lowest BCUT2D eigenvalue weighted by molar-refractivity contribution is 0.730. The fourth-order valence-corrected chi connectivity index (χ4v) is 2.47. The maximum absolute atomic E-state index is 12.0. The molecule has 7 heteroatoms. The van der Waals surface area contributed by atoms with E-state index in [1.165, 1.54) is 17.1 Å². The highest BCUT2D eigenvalue weighted by Gasteiger charge is 2.08. The molecule has 2 aromatic heterocycles. The van der Waals surface area contributed by atoms with Crippen molar-refractivity contribution in [3.05, 3.63) is 63.2 Å². The summed E-state index contributed by atoms with van der Waals surface area (Å²) in [6.07, 6.45) is 2.96. The normalized spacial score (nSPS) is 10.8. The van der Waals surface area contributed by atoms with E-state index in [0.29, 0.717) is 16.8 Å². The summed E-state index contributed by atoms with van der Waals surface area (Å²) < 4.78 is 1.91. The van der Waals surface area contributed by atoms with Crippen molar-refractivity contribution in [2.24, 2.45) is 5.84 Å². The molecular formula is C14H12BrN5O. The van der Waals surface area contributed by atoms with Crippen LogP contribution in [-0.4, -0.2) is 14.5 Å². The lowest BCUT2D eigenvalue weighted by Gasteiger charge is -2.11. The molecule has 6 nitrogen and oxygen atoms in total. The summed E-state index contributed by atoms with van der Waals surface area (Å²) in [4.78, 5) is 20.5. The van der Waals surface area contributed by atoms with E-state index in [4.69, 9.17) is 5.84 Å². The van der Waals surface area contributed by atoms with Crippen LogP contribution in [0.3, 0.4) is 0 Å². The molecule has 0 saturated heterocycles. The maximum atomic E-state index is 12.0. The second-order valence-corrected chi connectivity index (χ2v) is 5.36. The molecule has 0 spiro atoms. The number of anilines is 1. The third-order valence-corrected chi connectivity index (χ3v) is 3.68. The number of nitrogens with zero attached hydrogens (tertiary/aromatic N) is 3. The van der Waals surface area contributed by atoms with Crippen LogP contribution < -0.4 is 16.8 Å². The number of hydrazine groups is 1. The van der Waals surface area contributed by atoms with Gasteiger partial charge >= 0.3 is 0 Å². The third-order valence-electron chi connectivity index (χ3n) is 3.14. The van der Waals surface area contributed by atoms with Gasteiger partial charge in [-0.25, -0.2) is 15.8 Å². The van der Waals surface area contributed by atoms with Gasteiger partial charge < -0.3 is 5.43 Å². The quantitative estimate of drug-likeness (QED) is 0.559. The molecule has 0 saturated carbocycles. The lowest BCUT2D eigenvalue weighted by atomic mass is 10.1. The van der Waals surface area contributed by atoms with E-state index in [0.717, 1.165) is 16.5 Å². The van der Waals surface area contributed by atoms with Crippen molar-refractivity contribution in [2.75, 3.05) is 5.43 Å². The molecule has 2 heterocycles. The summed E-state index contributed by atoms with van der Waals surface area (Å²) in [5, 5.41) is 0.988. The topological polar surface area (TPSA) is 85.8 Å². The molecule has 3 aromatic rings. The van der Waals surface area contributed by atoms with Gasteiger partial charge in [-0.05, 0) is 28.1 Å². The maximum Gasteiger partial charge on any atom is 0.267 e. The van der Waals surface area contributed by atoms with E-state index < -0.39 is 0 Å². The summed E-state index contributed by atoms with van der Waals surface area (Å²) >= 11 is 3.18. The highest BCUT2D eigenvalue weighted by Crippen LogP contribution is 2.20. The first kappa shape index (κ1) is 13.7. The van der Waals surface area contributed by atoms with Crippen LogP contribution >= 0.6 is 15.9 Å². The Labute approximate surface area is 128 Å². The summed E-state index contributed by atoms with van der Waals surface area (Å²) in [5.41, 5.74) is 4.09. The number of nitrogens with two attached hydrogens (primary N) is 1. The second kappa shape index (κ2) is 5.63. The number of para-hydroxylation sites is 1. The van der Waals surface area contributed by atoms with E-state index in [-0.39, 0.29) is 5.56 Å². The Kier molecular flexibility index (Phi) is 3.68. The highest BCUT2D eigenvalue weighted by molar-refractivity contribution is 9.10. The zero-order valence-corrected chi connectivity index (χ0v) is 12.5. The predicted molar refractivity (Wildman–Crippen MR) is 84.9 cm³/mol. The van der Waals surface area contributed by atoms with Gasteiger partial charge in [-0.15, -0.1) is 0 Å². The molecule has 0 bridgehead atoms. The number of nitrogens with one attached hydrogen (secondary N) is 1. The van der Waals surface area contributed by atoms with Crippen molar-refractivity contribution < 1.29 is 0 Å². The number of hydrogen-bond acceptors (Lipinski definition) is 5. The number of fused-ring (bicyclic) bond motifs is 1. The average Bonchev–Trinajstić information content (AvgIpc) is 2.51. The SMILES string of the molecule is NNc1nc2ccccc2cc1Cn1cncc(Br)c1=O. The fraction of sp³-hybridized carbons (Fsp3) is 0.0714. The molecule has 0 radical (unpaired) electrons. The zero-order chi connectivity index (χ0) is 14.8. The van der Waals surface area contributed by atoms with Crippen LogP contribution in [0.25, 0.3) is 10.9 Å². The summed E-state index contributed by atoms with van der Waals surface area (Å²) in [6, 6.07) is 9.69. The molecule has 106 valence electrons. The van der Waals surface area contributed by atoms with Gasteiger partial charge in [0.15, 0.2) is 0 Å². The zero-order valence-electron chi connectivity index (χ0n) is 11.0. The Morgan fingerprint density at radius 2 is 2.14 bits per heavy atom. The number of benzene rings is 1. The minimum atomic E-state index is -0.152. The van der Waals surface area contributed by atoms with Crippen LogP contribution in [0.2, 0.25) is 0 Å². The third kappa shape index (κ3) is 2.65. The van der Waals surface area contributed by atoms with E-state index in [1.54, 1.807) is 0 Å². The van der Waals surface area contributed by atoms with E-state index in [2.05, 4.69) is 31.3 Å². The molecule has 0 atom stereocenters. The van der Waals surface area contributed by atoms with Crippen LogP contribution in [0, 0.1) is 0 Å². The molecule has 3 rings (SSSR count). The van der Waals surface area contributed by atoms with Crippen molar-refractivity contribution in [3.63, 3.8) is 0 Å². The number of hydrogen-bond donors (Lipinski definition) is 2. The summed E-state index contributed by atoms with van der Waals surface area (Å²) in [6.45, 7) is 0.336. The average molecular weight is 346 g/mol. The van der Waals surface area contributed by atoms with Crippen LogP contribution in [0.4, 0.5) is 5.82 Å². The Hall–Kier alpha value is -2.25. The number of aromatic nitrogens is 3. The fourth-order valence-electron chi connectivity index (χ4n) is 2.13. The van der Waals surface area contributed by atoms with Gasteiger partial charge in [-0.1, -0.05) is 18.2 Å². The minimum Gasteiger partial charge on any atom is -0.308 e. The van der Waals surface area contributed by atoms with Crippen molar-refractivity contribution in [2.45, 2.75) is 6.54 Å². The molecule has 0 amide bonds. The van der Waals surface area contributed by atoms with Gasteiger partial charge in [0.05, 0.1) is 18.4 Å². The first-order chi connectivity index (χ1) is 10.2. The van der Waals surface area contributed by atoms with E-state index >= 15 is 0 Å². The number of halogens is 1. The molecular weight excluding hydrogens is 334 g/mol. The molecule has 1 aromatic carbocycles. The lowest BCUT2D eigenvalue weighted by Crippen LogP contribution is -2.22. The van der Waals surface area contributed by atoms with Gasteiger partial charge in [-0.3, -0.25) is 9.36 Å². The van der Waals surface area contributed by atoms with Crippen molar-refractivity contribution in [3.8, 4) is 0 Å². The first-order valence-corrected chi connectivity index (χ1v) is 7.03. The molecule has 0 aliphatic heterocycles. The van der Waals surface area contributed by atoms with Crippen LogP contribution in [-0.2, 0) is 6.54 Å². The van der Waals surface area contributed by atoms with E-state index in [1.807, 2.05) is 30.3 Å². The van der Waals surface area contributed by atoms with Crippen LogP contribution in [0.5, 0.6) is 0 Å². The number of nitrogen functional groups attached to an aromatic ring is 1. The van der Waals surface area contributed by atoms with Crippen LogP contribution in [0.15, 0.2) is 52.1 Å². The van der Waals surface area contributed by atoms with Crippen LogP contribution in [0.1, 0.15) is 5.56 Å². The predicted octanol–water partition coefficient (Wildman–Crippen LogP) is 1.89. The van der Waals surface area contributed by atoms with Gasteiger partial charge in [0.2, 0.25) is 0 Å². The van der Waals surface area contributed by atoms with Gasteiger partial charge in [-0.2, -0.15) is 0 Å². The summed E-state index contributed by atoms with van der Waals surface area (Å²) in [5.74, 6) is 6.08. The Morgan fingerprint density at radius 1 is 1.33 bits per heavy atom. The van der Waals surface area contributed by atoms with Gasteiger partial charge in [0.25, 0.3) is 5.56 Å². The van der Waals surface area contributed by atoms with Crippen molar-refractivity contribution in [1.82, 2.24) is 14.5 Å².